The molecule has 0 fully saturated rings. The smallest absolute Gasteiger partial charge is 0.222 e. The number of rotatable bonds is 5. The third-order valence-corrected chi connectivity index (χ3v) is 1.83. The van der Waals surface area contributed by atoms with Crippen molar-refractivity contribution in [2.75, 3.05) is 12.0 Å². The first-order valence-corrected chi connectivity index (χ1v) is 4.70. The first-order chi connectivity index (χ1) is 7.33. The summed E-state index contributed by atoms with van der Waals surface area (Å²) in [6.45, 7) is 2.25. The topological polar surface area (TPSA) is 73.1 Å². The van der Waals surface area contributed by atoms with Crippen molar-refractivity contribution < 1.29 is 4.74 Å². The van der Waals surface area contributed by atoms with E-state index < -0.39 is 0 Å². The van der Waals surface area contributed by atoms with Crippen LogP contribution in [0.2, 0.25) is 0 Å². The Labute approximate surface area is 89.0 Å². The van der Waals surface area contributed by atoms with Gasteiger partial charge in [0.2, 0.25) is 5.88 Å². The highest BCUT2D eigenvalue weighted by Crippen LogP contribution is 2.22. The Hall–Kier alpha value is -1.80. The highest BCUT2D eigenvalue weighted by atomic mass is 16.5. The highest BCUT2D eigenvalue weighted by molar-refractivity contribution is 5.47. The van der Waals surface area contributed by atoms with Crippen molar-refractivity contribution in [3.05, 3.63) is 11.9 Å². The van der Waals surface area contributed by atoms with Crippen molar-refractivity contribution >= 4 is 5.82 Å². The number of terminal acetylenes is 1. The first-order valence-electron chi connectivity index (χ1n) is 4.70. The van der Waals surface area contributed by atoms with Crippen LogP contribution >= 0.6 is 0 Å². The van der Waals surface area contributed by atoms with Gasteiger partial charge in [0.1, 0.15) is 12.1 Å². The Bertz CT molecular complexity index is 359. The molecule has 1 heterocycles. The standard InChI is InChI=1S/C10H14N4O/c1-3-5-8-9(14-11)12-7-13-10(8)15-6-4-2/h2,7H,3,5-6,11H2,1H3,(H,12,13,14). The lowest BCUT2D eigenvalue weighted by atomic mass is 10.2. The molecule has 1 aromatic heterocycles. The van der Waals surface area contributed by atoms with E-state index >= 15 is 0 Å². The molecule has 0 bridgehead atoms. The molecule has 0 radical (unpaired) electrons. The van der Waals surface area contributed by atoms with Gasteiger partial charge in [-0.3, -0.25) is 0 Å². The number of hydrogen-bond donors (Lipinski definition) is 2. The molecule has 15 heavy (non-hydrogen) atoms. The van der Waals surface area contributed by atoms with E-state index in [-0.39, 0.29) is 6.61 Å². The van der Waals surface area contributed by atoms with Gasteiger partial charge in [-0.25, -0.2) is 15.8 Å². The third kappa shape index (κ3) is 2.82. The van der Waals surface area contributed by atoms with Gasteiger partial charge in [0, 0.05) is 0 Å². The lowest BCUT2D eigenvalue weighted by molar-refractivity contribution is 0.350. The molecule has 1 rings (SSSR count). The van der Waals surface area contributed by atoms with Gasteiger partial charge in [0.15, 0.2) is 6.61 Å². The van der Waals surface area contributed by atoms with Crippen molar-refractivity contribution in [1.29, 1.82) is 0 Å². The number of ether oxygens (including phenoxy) is 1. The van der Waals surface area contributed by atoms with Crippen LogP contribution in [0.15, 0.2) is 6.33 Å². The molecule has 0 aliphatic rings. The second-order valence-electron chi connectivity index (χ2n) is 2.89. The fourth-order valence-electron chi connectivity index (χ4n) is 1.23. The van der Waals surface area contributed by atoms with Gasteiger partial charge in [-0.05, 0) is 6.42 Å². The Morgan fingerprint density at radius 1 is 1.60 bits per heavy atom. The molecule has 5 heteroatoms. The Morgan fingerprint density at radius 3 is 3.00 bits per heavy atom. The third-order valence-electron chi connectivity index (χ3n) is 1.83. The van der Waals surface area contributed by atoms with Crippen molar-refractivity contribution in [3.63, 3.8) is 0 Å². The molecule has 0 aliphatic heterocycles. The zero-order valence-electron chi connectivity index (χ0n) is 8.66. The minimum Gasteiger partial charge on any atom is -0.464 e. The van der Waals surface area contributed by atoms with Crippen molar-refractivity contribution in [1.82, 2.24) is 9.97 Å². The summed E-state index contributed by atoms with van der Waals surface area (Å²) >= 11 is 0. The lowest BCUT2D eigenvalue weighted by Gasteiger charge is -2.10. The van der Waals surface area contributed by atoms with E-state index in [2.05, 4.69) is 28.2 Å². The molecule has 0 aromatic carbocycles. The van der Waals surface area contributed by atoms with Crippen LogP contribution in [0.5, 0.6) is 5.88 Å². The van der Waals surface area contributed by atoms with Crippen LogP contribution in [-0.4, -0.2) is 16.6 Å². The summed E-state index contributed by atoms with van der Waals surface area (Å²) in [6.07, 6.45) is 8.25. The maximum atomic E-state index is 5.34. The quantitative estimate of drug-likeness (QED) is 0.422. The summed E-state index contributed by atoms with van der Waals surface area (Å²) in [5.74, 6) is 8.81. The number of hydrazine groups is 1. The average Bonchev–Trinajstić information content (AvgIpc) is 2.28. The van der Waals surface area contributed by atoms with Gasteiger partial charge in [-0.15, -0.1) is 6.42 Å². The molecule has 80 valence electrons. The number of aromatic nitrogens is 2. The average molecular weight is 206 g/mol. The Kier molecular flexibility index (Phi) is 4.38. The van der Waals surface area contributed by atoms with E-state index in [1.807, 2.05) is 0 Å². The van der Waals surface area contributed by atoms with Crippen molar-refractivity contribution in [2.45, 2.75) is 19.8 Å². The monoisotopic (exact) mass is 206 g/mol. The summed E-state index contributed by atoms with van der Waals surface area (Å²) in [5.41, 5.74) is 3.37. The number of nitrogens with one attached hydrogen (secondary N) is 1. The normalized spacial score (nSPS) is 9.40. The van der Waals surface area contributed by atoms with E-state index in [0.29, 0.717) is 11.7 Å². The lowest BCUT2D eigenvalue weighted by Crippen LogP contribution is -2.13. The minimum absolute atomic E-state index is 0.192. The number of anilines is 1. The minimum atomic E-state index is 0.192. The molecule has 3 N–H and O–H groups in total. The predicted octanol–water partition coefficient (Wildman–Crippen LogP) is 0.727. The Balaban J connectivity index is 2.97. The molecule has 1 aromatic rings. The molecule has 0 aliphatic carbocycles. The maximum absolute atomic E-state index is 5.34. The molecular formula is C10H14N4O. The molecule has 0 saturated heterocycles. The molecule has 0 saturated carbocycles. The summed E-state index contributed by atoms with van der Waals surface area (Å²) in [5, 5.41) is 0. The van der Waals surface area contributed by atoms with Gasteiger partial charge in [-0.2, -0.15) is 0 Å². The number of hydrogen-bond acceptors (Lipinski definition) is 5. The largest absolute Gasteiger partial charge is 0.464 e. The van der Waals surface area contributed by atoms with Gasteiger partial charge in [-0.1, -0.05) is 19.3 Å². The highest BCUT2D eigenvalue weighted by Gasteiger charge is 2.10. The van der Waals surface area contributed by atoms with Crippen LogP contribution in [0.4, 0.5) is 5.82 Å². The molecule has 0 unspecified atom stereocenters. The van der Waals surface area contributed by atoms with Crippen LogP contribution in [0.1, 0.15) is 18.9 Å². The van der Waals surface area contributed by atoms with Gasteiger partial charge >= 0.3 is 0 Å². The number of nitrogens with zero attached hydrogens (tertiary/aromatic N) is 2. The van der Waals surface area contributed by atoms with E-state index in [0.717, 1.165) is 18.4 Å². The second kappa shape index (κ2) is 5.83. The van der Waals surface area contributed by atoms with Crippen LogP contribution in [0, 0.1) is 12.3 Å². The van der Waals surface area contributed by atoms with Gasteiger partial charge < -0.3 is 10.2 Å². The van der Waals surface area contributed by atoms with Crippen LogP contribution in [0.3, 0.4) is 0 Å². The molecule has 5 nitrogen and oxygen atoms in total. The zero-order chi connectivity index (χ0) is 11.1. The van der Waals surface area contributed by atoms with E-state index in [4.69, 9.17) is 17.0 Å². The summed E-state index contributed by atoms with van der Waals surface area (Å²) in [4.78, 5) is 8.02. The van der Waals surface area contributed by atoms with Gasteiger partial charge in [0.25, 0.3) is 0 Å². The van der Waals surface area contributed by atoms with Gasteiger partial charge in [0.05, 0.1) is 5.56 Å². The number of nitrogen functional groups attached to an aromatic ring is 1. The zero-order valence-corrected chi connectivity index (χ0v) is 8.66. The fraction of sp³-hybridized carbons (Fsp3) is 0.400. The Morgan fingerprint density at radius 2 is 2.40 bits per heavy atom. The number of nitrogens with two attached hydrogens (primary N) is 1. The predicted molar refractivity (Wildman–Crippen MR) is 58.2 cm³/mol. The summed E-state index contributed by atoms with van der Waals surface area (Å²) < 4.78 is 5.30. The fourth-order valence-corrected chi connectivity index (χ4v) is 1.23. The molecule has 0 atom stereocenters. The van der Waals surface area contributed by atoms with Crippen LogP contribution in [-0.2, 0) is 6.42 Å². The second-order valence-corrected chi connectivity index (χ2v) is 2.89. The summed E-state index contributed by atoms with van der Waals surface area (Å²) in [6, 6.07) is 0. The molecular weight excluding hydrogens is 192 g/mol. The van der Waals surface area contributed by atoms with E-state index in [9.17, 15) is 0 Å². The molecule has 0 amide bonds. The molecule has 0 spiro atoms. The maximum Gasteiger partial charge on any atom is 0.222 e. The van der Waals surface area contributed by atoms with E-state index in [1.54, 1.807) is 0 Å². The van der Waals surface area contributed by atoms with Crippen molar-refractivity contribution in [2.24, 2.45) is 5.84 Å². The summed E-state index contributed by atoms with van der Waals surface area (Å²) in [7, 11) is 0. The van der Waals surface area contributed by atoms with Crippen LogP contribution in [0.25, 0.3) is 0 Å². The van der Waals surface area contributed by atoms with Crippen LogP contribution < -0.4 is 16.0 Å². The van der Waals surface area contributed by atoms with Crippen molar-refractivity contribution in [3.8, 4) is 18.2 Å². The SMILES string of the molecule is C#CCOc1ncnc(NN)c1CCC. The van der Waals surface area contributed by atoms with E-state index in [1.165, 1.54) is 6.33 Å². The first kappa shape index (κ1) is 11.3.